The molecule has 3 atom stereocenters. The summed E-state index contributed by atoms with van der Waals surface area (Å²) in [7, 11) is 0. The number of rotatable bonds is 4. The highest BCUT2D eigenvalue weighted by Gasteiger charge is 2.46. The third kappa shape index (κ3) is 4.11. The molecule has 2 aliphatic rings. The number of carbonyl (C=O) groups is 3. The van der Waals surface area contributed by atoms with Gasteiger partial charge in [-0.3, -0.25) is 9.59 Å². The molecule has 0 bridgehead atoms. The van der Waals surface area contributed by atoms with E-state index in [-0.39, 0.29) is 23.9 Å². The average Bonchev–Trinajstić information content (AvgIpc) is 3.15. The number of piperazine rings is 1. The molecule has 0 saturated carbocycles. The van der Waals surface area contributed by atoms with E-state index in [0.29, 0.717) is 30.1 Å². The molecule has 2 aromatic rings. The zero-order valence-corrected chi connectivity index (χ0v) is 17.3. The van der Waals surface area contributed by atoms with E-state index in [1.165, 1.54) is 0 Å². The fourth-order valence-electron chi connectivity index (χ4n) is 4.04. The first-order valence-corrected chi connectivity index (χ1v) is 10.3. The number of anilines is 1. The van der Waals surface area contributed by atoms with Crippen LogP contribution in [0.3, 0.4) is 0 Å². The second-order valence-corrected chi connectivity index (χ2v) is 8.11. The van der Waals surface area contributed by atoms with Crippen molar-refractivity contribution in [2.24, 2.45) is 0 Å². The molecule has 2 saturated heterocycles. The Morgan fingerprint density at radius 2 is 1.93 bits per heavy atom. The number of amides is 4. The van der Waals surface area contributed by atoms with Crippen molar-refractivity contribution < 1.29 is 14.4 Å². The highest BCUT2D eigenvalue weighted by molar-refractivity contribution is 6.31. The number of nitrogens with zero attached hydrogens (tertiary/aromatic N) is 1. The minimum Gasteiger partial charge on any atom is -0.342 e. The summed E-state index contributed by atoms with van der Waals surface area (Å²) in [6.45, 7) is 2.13. The lowest BCUT2D eigenvalue weighted by atomic mass is 10.0. The largest absolute Gasteiger partial charge is 0.342 e. The monoisotopic (exact) mass is 426 g/mol. The lowest BCUT2D eigenvalue weighted by molar-refractivity contribution is -0.147. The van der Waals surface area contributed by atoms with Crippen LogP contribution in [0.5, 0.6) is 0 Å². The maximum absolute atomic E-state index is 12.9. The number of benzene rings is 2. The topological polar surface area (TPSA) is 90.5 Å². The van der Waals surface area contributed by atoms with Crippen LogP contribution in [0.15, 0.2) is 48.5 Å². The molecular formula is C22H23ClN4O3. The molecule has 2 heterocycles. The summed E-state index contributed by atoms with van der Waals surface area (Å²) in [4.78, 5) is 39.5. The van der Waals surface area contributed by atoms with Crippen molar-refractivity contribution >= 4 is 35.1 Å². The normalized spacial score (nSPS) is 23.0. The van der Waals surface area contributed by atoms with Gasteiger partial charge in [0.2, 0.25) is 11.8 Å². The van der Waals surface area contributed by atoms with Crippen LogP contribution in [-0.2, 0) is 16.0 Å². The average molecular weight is 427 g/mol. The Morgan fingerprint density at radius 1 is 1.17 bits per heavy atom. The molecule has 0 radical (unpaired) electrons. The van der Waals surface area contributed by atoms with E-state index >= 15 is 0 Å². The van der Waals surface area contributed by atoms with Crippen molar-refractivity contribution in [3.05, 3.63) is 64.7 Å². The molecule has 2 fully saturated rings. The number of hydrogen-bond donors (Lipinski definition) is 3. The number of nitrogens with one attached hydrogen (secondary N) is 3. The zero-order chi connectivity index (χ0) is 21.3. The maximum atomic E-state index is 12.9. The number of halogens is 1. The standard InChI is InChI=1S/C22H23ClN4O3/c1-13-16(23)8-5-9-17(13)26-22(30)24-15-11-19-20(28)25-18(21(29)27(19)12-15)10-14-6-3-2-4-7-14/h2-9,15,18-19H,10-12H2,1H3,(H,25,28)(H2,24,26,30)/t15-,18+,19-/m0/s1. The lowest BCUT2D eigenvalue weighted by Gasteiger charge is -2.34. The molecule has 4 amide bonds. The Kier molecular flexibility index (Phi) is 5.63. The zero-order valence-electron chi connectivity index (χ0n) is 16.5. The van der Waals surface area contributed by atoms with Crippen molar-refractivity contribution in [3.63, 3.8) is 0 Å². The first-order chi connectivity index (χ1) is 14.4. The SMILES string of the molecule is Cc1c(Cl)cccc1NC(=O)N[C@H]1C[C@H]2C(=O)N[C@H](Cc3ccccc3)C(=O)N2C1. The van der Waals surface area contributed by atoms with Crippen LogP contribution in [0.1, 0.15) is 17.5 Å². The predicted molar refractivity (Wildman–Crippen MR) is 114 cm³/mol. The fourth-order valence-corrected chi connectivity index (χ4v) is 4.21. The summed E-state index contributed by atoms with van der Waals surface area (Å²) in [5.74, 6) is -0.287. The minimum atomic E-state index is -0.585. The highest BCUT2D eigenvalue weighted by atomic mass is 35.5. The quantitative estimate of drug-likeness (QED) is 0.701. The van der Waals surface area contributed by atoms with Gasteiger partial charge in [0, 0.05) is 23.7 Å². The molecule has 156 valence electrons. The van der Waals surface area contributed by atoms with E-state index in [0.717, 1.165) is 11.1 Å². The molecule has 0 unspecified atom stereocenters. The van der Waals surface area contributed by atoms with E-state index < -0.39 is 12.1 Å². The molecule has 4 rings (SSSR count). The van der Waals surface area contributed by atoms with Gasteiger partial charge in [-0.05, 0) is 36.6 Å². The number of urea groups is 1. The van der Waals surface area contributed by atoms with Gasteiger partial charge >= 0.3 is 6.03 Å². The first-order valence-electron chi connectivity index (χ1n) is 9.90. The van der Waals surface area contributed by atoms with Crippen LogP contribution in [0.2, 0.25) is 5.02 Å². The van der Waals surface area contributed by atoms with Gasteiger partial charge in [0.25, 0.3) is 0 Å². The highest BCUT2D eigenvalue weighted by Crippen LogP contribution is 2.25. The molecule has 7 nitrogen and oxygen atoms in total. The molecule has 0 aromatic heterocycles. The van der Waals surface area contributed by atoms with Crippen LogP contribution in [-0.4, -0.2) is 47.4 Å². The van der Waals surface area contributed by atoms with Crippen LogP contribution >= 0.6 is 11.6 Å². The number of hydrogen-bond acceptors (Lipinski definition) is 3. The minimum absolute atomic E-state index is 0.112. The Bertz CT molecular complexity index is 982. The van der Waals surface area contributed by atoms with Gasteiger partial charge in [0.05, 0.1) is 6.04 Å². The van der Waals surface area contributed by atoms with Crippen LogP contribution in [0.4, 0.5) is 10.5 Å². The Hall–Kier alpha value is -3.06. The van der Waals surface area contributed by atoms with Gasteiger partial charge in [0.15, 0.2) is 0 Å². The smallest absolute Gasteiger partial charge is 0.319 e. The molecule has 2 aromatic carbocycles. The summed E-state index contributed by atoms with van der Waals surface area (Å²) in [5.41, 5.74) is 2.38. The van der Waals surface area contributed by atoms with Crippen LogP contribution in [0.25, 0.3) is 0 Å². The van der Waals surface area contributed by atoms with E-state index in [1.807, 2.05) is 37.3 Å². The summed E-state index contributed by atoms with van der Waals surface area (Å²) in [6.07, 6.45) is 0.832. The molecule has 8 heteroatoms. The fraction of sp³-hybridized carbons (Fsp3) is 0.318. The Morgan fingerprint density at radius 3 is 2.70 bits per heavy atom. The third-order valence-electron chi connectivity index (χ3n) is 5.64. The number of fused-ring (bicyclic) bond motifs is 1. The number of carbonyl (C=O) groups excluding carboxylic acids is 3. The molecule has 0 spiro atoms. The van der Waals surface area contributed by atoms with Crippen LogP contribution in [0, 0.1) is 6.92 Å². The summed E-state index contributed by atoms with van der Waals surface area (Å²) < 4.78 is 0. The molecule has 2 aliphatic heterocycles. The van der Waals surface area contributed by atoms with Gasteiger partial charge in [-0.1, -0.05) is 48.0 Å². The van der Waals surface area contributed by atoms with Gasteiger partial charge < -0.3 is 20.9 Å². The van der Waals surface area contributed by atoms with Crippen molar-refractivity contribution in [1.82, 2.24) is 15.5 Å². The second kappa shape index (κ2) is 8.36. The van der Waals surface area contributed by atoms with Gasteiger partial charge in [-0.15, -0.1) is 0 Å². The lowest BCUT2D eigenvalue weighted by Crippen LogP contribution is -2.61. The van der Waals surface area contributed by atoms with Crippen molar-refractivity contribution in [2.75, 3.05) is 11.9 Å². The van der Waals surface area contributed by atoms with E-state index in [4.69, 9.17) is 11.6 Å². The third-order valence-corrected chi connectivity index (χ3v) is 6.04. The van der Waals surface area contributed by atoms with E-state index in [9.17, 15) is 14.4 Å². The van der Waals surface area contributed by atoms with Gasteiger partial charge in [-0.25, -0.2) is 4.79 Å². The maximum Gasteiger partial charge on any atom is 0.319 e. The summed E-state index contributed by atoms with van der Waals surface area (Å²) in [6, 6.07) is 13.0. The second-order valence-electron chi connectivity index (χ2n) is 7.70. The van der Waals surface area contributed by atoms with Crippen molar-refractivity contribution in [1.29, 1.82) is 0 Å². The summed E-state index contributed by atoms with van der Waals surface area (Å²) in [5, 5.41) is 9.06. The van der Waals surface area contributed by atoms with E-state index in [1.54, 1.807) is 23.1 Å². The predicted octanol–water partition coefficient (Wildman–Crippen LogP) is 2.48. The molecule has 3 N–H and O–H groups in total. The molecule has 0 aliphatic carbocycles. The Balaban J connectivity index is 1.38. The molecule has 30 heavy (non-hydrogen) atoms. The van der Waals surface area contributed by atoms with Crippen LogP contribution < -0.4 is 16.0 Å². The van der Waals surface area contributed by atoms with E-state index in [2.05, 4.69) is 16.0 Å². The first kappa shape index (κ1) is 20.2. The Labute approximate surface area is 179 Å². The molecular weight excluding hydrogens is 404 g/mol. The van der Waals surface area contributed by atoms with Gasteiger partial charge in [0.1, 0.15) is 12.1 Å². The van der Waals surface area contributed by atoms with Crippen molar-refractivity contribution in [3.8, 4) is 0 Å². The summed E-state index contributed by atoms with van der Waals surface area (Å²) >= 11 is 6.09. The van der Waals surface area contributed by atoms with Crippen molar-refractivity contribution in [2.45, 2.75) is 37.9 Å². The van der Waals surface area contributed by atoms with Gasteiger partial charge in [-0.2, -0.15) is 0 Å².